The van der Waals surface area contributed by atoms with Crippen LogP contribution in [0.2, 0.25) is 0 Å². The molecule has 20 heavy (non-hydrogen) atoms. The minimum Gasteiger partial charge on any atom is -0.465 e. The van der Waals surface area contributed by atoms with Crippen LogP contribution in [0.5, 0.6) is 0 Å². The zero-order valence-electron chi connectivity index (χ0n) is 11.2. The molecular formula is C13H14O4S3. The first-order chi connectivity index (χ1) is 9.58. The number of carbonyl (C=O) groups is 3. The number of thioether (sulfide) groups is 3. The Labute approximate surface area is 130 Å². The molecule has 1 saturated carbocycles. The molecule has 1 aliphatic carbocycles. The van der Waals surface area contributed by atoms with Crippen molar-refractivity contribution < 1.29 is 19.1 Å². The van der Waals surface area contributed by atoms with E-state index in [2.05, 4.69) is 0 Å². The van der Waals surface area contributed by atoms with Crippen molar-refractivity contribution in [2.45, 2.75) is 26.2 Å². The molecule has 0 saturated heterocycles. The molecule has 7 heteroatoms. The van der Waals surface area contributed by atoms with E-state index in [-0.39, 0.29) is 17.1 Å². The second-order valence-corrected chi connectivity index (χ2v) is 7.94. The Morgan fingerprint density at radius 3 is 2.45 bits per heavy atom. The summed E-state index contributed by atoms with van der Waals surface area (Å²) in [5.41, 5.74) is 0.277. The van der Waals surface area contributed by atoms with Gasteiger partial charge in [0.25, 0.3) is 0 Å². The van der Waals surface area contributed by atoms with Gasteiger partial charge in [-0.2, -0.15) is 0 Å². The predicted octanol–water partition coefficient (Wildman–Crippen LogP) is 3.10. The van der Waals surface area contributed by atoms with Crippen molar-refractivity contribution in [1.82, 2.24) is 0 Å². The number of ketones is 2. The van der Waals surface area contributed by atoms with Crippen molar-refractivity contribution in [1.29, 1.82) is 0 Å². The summed E-state index contributed by atoms with van der Waals surface area (Å²) in [6.45, 7) is 1.99. The largest absolute Gasteiger partial charge is 0.465 e. The lowest BCUT2D eigenvalue weighted by Gasteiger charge is -2.13. The van der Waals surface area contributed by atoms with Gasteiger partial charge in [-0.3, -0.25) is 9.59 Å². The van der Waals surface area contributed by atoms with Crippen LogP contribution < -0.4 is 0 Å². The molecule has 108 valence electrons. The SMILES string of the molecule is CCSC1=C(C(=O)OC)SC(=C2C(=O)CCCC2=O)S1. The third-order valence-electron chi connectivity index (χ3n) is 2.78. The van der Waals surface area contributed by atoms with Gasteiger partial charge in [0.1, 0.15) is 4.91 Å². The molecule has 0 bridgehead atoms. The summed E-state index contributed by atoms with van der Waals surface area (Å²) < 4.78 is 6.22. The van der Waals surface area contributed by atoms with Crippen LogP contribution in [0.15, 0.2) is 19.0 Å². The van der Waals surface area contributed by atoms with Crippen LogP contribution >= 0.6 is 35.3 Å². The Kier molecular flexibility index (Phi) is 5.40. The van der Waals surface area contributed by atoms with Crippen LogP contribution in [0.4, 0.5) is 0 Å². The van der Waals surface area contributed by atoms with Crippen molar-refractivity contribution in [3.8, 4) is 0 Å². The second kappa shape index (κ2) is 6.87. The predicted molar refractivity (Wildman–Crippen MR) is 83.2 cm³/mol. The van der Waals surface area contributed by atoms with E-state index in [1.165, 1.54) is 42.4 Å². The molecule has 2 aliphatic rings. The number of ether oxygens (including phenoxy) is 1. The molecule has 2 rings (SSSR count). The number of methoxy groups -OCH3 is 1. The van der Waals surface area contributed by atoms with Crippen molar-refractivity contribution >= 4 is 52.8 Å². The molecule has 0 aromatic rings. The average Bonchev–Trinajstić information content (AvgIpc) is 2.82. The number of carbonyl (C=O) groups excluding carboxylic acids is 3. The highest BCUT2D eigenvalue weighted by atomic mass is 32.2. The molecular weight excluding hydrogens is 316 g/mol. The Morgan fingerprint density at radius 2 is 1.90 bits per heavy atom. The minimum atomic E-state index is -0.412. The van der Waals surface area contributed by atoms with Crippen LogP contribution in [0.25, 0.3) is 0 Å². The van der Waals surface area contributed by atoms with Crippen molar-refractivity contribution in [2.75, 3.05) is 12.9 Å². The standard InChI is InChI=1S/C13H14O4S3/c1-3-18-13-10(11(16)17-2)19-12(20-13)9-7(14)5-4-6-8(9)15/h3-6H2,1-2H3. The smallest absolute Gasteiger partial charge is 0.346 e. The summed E-state index contributed by atoms with van der Waals surface area (Å²) in [5, 5.41) is 0. The lowest BCUT2D eigenvalue weighted by atomic mass is 9.94. The fourth-order valence-electron chi connectivity index (χ4n) is 1.87. The van der Waals surface area contributed by atoms with Crippen LogP contribution in [0, 0.1) is 0 Å². The number of hydrogen-bond donors (Lipinski definition) is 0. The molecule has 0 radical (unpaired) electrons. The van der Waals surface area contributed by atoms with E-state index >= 15 is 0 Å². The monoisotopic (exact) mass is 330 g/mol. The number of esters is 1. The maximum Gasteiger partial charge on any atom is 0.346 e. The first-order valence-electron chi connectivity index (χ1n) is 6.20. The molecule has 0 aromatic carbocycles. The van der Waals surface area contributed by atoms with Crippen LogP contribution in [-0.2, 0) is 19.1 Å². The summed E-state index contributed by atoms with van der Waals surface area (Å²) >= 11 is 4.06. The molecule has 4 nitrogen and oxygen atoms in total. The third-order valence-corrected chi connectivity index (χ3v) is 6.64. The van der Waals surface area contributed by atoms with Gasteiger partial charge in [-0.05, 0) is 12.2 Å². The number of hydrogen-bond acceptors (Lipinski definition) is 7. The van der Waals surface area contributed by atoms with E-state index in [9.17, 15) is 14.4 Å². The fourth-order valence-corrected chi connectivity index (χ4v) is 6.01. The van der Waals surface area contributed by atoms with Gasteiger partial charge >= 0.3 is 5.97 Å². The van der Waals surface area contributed by atoms with Gasteiger partial charge in [0, 0.05) is 12.8 Å². The maximum absolute atomic E-state index is 12.0. The van der Waals surface area contributed by atoms with Gasteiger partial charge in [0.05, 0.1) is 21.2 Å². The summed E-state index contributed by atoms with van der Waals surface area (Å²) in [4.78, 5) is 36.2. The third kappa shape index (κ3) is 3.15. The second-order valence-electron chi connectivity index (χ2n) is 4.11. The lowest BCUT2D eigenvalue weighted by Crippen LogP contribution is -2.19. The normalized spacial score (nSPS) is 19.9. The van der Waals surface area contributed by atoms with E-state index < -0.39 is 5.97 Å². The van der Waals surface area contributed by atoms with E-state index in [4.69, 9.17) is 4.74 Å². The van der Waals surface area contributed by atoms with E-state index in [0.29, 0.717) is 28.4 Å². The molecule has 1 aliphatic heterocycles. The summed E-state index contributed by atoms with van der Waals surface area (Å²) in [7, 11) is 1.33. The van der Waals surface area contributed by atoms with Crippen molar-refractivity contribution in [3.63, 3.8) is 0 Å². The fraction of sp³-hybridized carbons (Fsp3) is 0.462. The summed E-state index contributed by atoms with van der Waals surface area (Å²) in [6, 6.07) is 0. The molecule has 0 amide bonds. The van der Waals surface area contributed by atoms with Crippen LogP contribution in [0.3, 0.4) is 0 Å². The molecule has 1 heterocycles. The minimum absolute atomic E-state index is 0.108. The van der Waals surface area contributed by atoms with Gasteiger partial charge in [0.15, 0.2) is 11.6 Å². The molecule has 0 N–H and O–H groups in total. The van der Waals surface area contributed by atoms with E-state index in [1.54, 1.807) is 0 Å². The van der Waals surface area contributed by atoms with Gasteiger partial charge < -0.3 is 4.74 Å². The highest BCUT2D eigenvalue weighted by Crippen LogP contribution is 2.55. The molecule has 0 atom stereocenters. The zero-order chi connectivity index (χ0) is 14.7. The highest BCUT2D eigenvalue weighted by molar-refractivity contribution is 8.36. The highest BCUT2D eigenvalue weighted by Gasteiger charge is 2.34. The van der Waals surface area contributed by atoms with Crippen LogP contribution in [-0.4, -0.2) is 30.4 Å². The number of rotatable bonds is 3. The van der Waals surface area contributed by atoms with Crippen molar-refractivity contribution in [3.05, 3.63) is 19.0 Å². The summed E-state index contributed by atoms with van der Waals surface area (Å²) in [5.74, 6) is 0.185. The van der Waals surface area contributed by atoms with Gasteiger partial charge in [-0.15, -0.1) is 11.8 Å². The Balaban J connectivity index is 2.33. The van der Waals surface area contributed by atoms with Gasteiger partial charge in [-0.25, -0.2) is 4.79 Å². The van der Waals surface area contributed by atoms with E-state index in [1.807, 2.05) is 6.92 Å². The summed E-state index contributed by atoms with van der Waals surface area (Å²) in [6.07, 6.45) is 1.45. The van der Waals surface area contributed by atoms with Crippen molar-refractivity contribution in [2.24, 2.45) is 0 Å². The first-order valence-corrected chi connectivity index (χ1v) is 8.82. The number of allylic oxidation sites excluding steroid dienone is 1. The number of Topliss-reactive ketones (excluding diaryl/α,β-unsaturated/α-hetero) is 2. The van der Waals surface area contributed by atoms with E-state index in [0.717, 1.165) is 9.99 Å². The Morgan fingerprint density at radius 1 is 1.25 bits per heavy atom. The first kappa shape index (κ1) is 15.7. The topological polar surface area (TPSA) is 60.4 Å². The quantitative estimate of drug-likeness (QED) is 0.447. The molecule has 0 aromatic heterocycles. The van der Waals surface area contributed by atoms with Gasteiger partial charge in [0.2, 0.25) is 0 Å². The van der Waals surface area contributed by atoms with Gasteiger partial charge in [-0.1, -0.05) is 30.4 Å². The lowest BCUT2D eigenvalue weighted by molar-refractivity contribution is -0.135. The molecule has 0 spiro atoms. The molecule has 1 fully saturated rings. The zero-order valence-corrected chi connectivity index (χ0v) is 13.6. The maximum atomic E-state index is 12.0. The average molecular weight is 330 g/mol. The Bertz CT molecular complexity index is 516. The van der Waals surface area contributed by atoms with Crippen LogP contribution in [0.1, 0.15) is 26.2 Å². The Hall–Kier alpha value is -0.660. The molecule has 0 unspecified atom stereocenters.